The molecule has 0 radical (unpaired) electrons. The number of likely N-dealkylation sites (tertiary alicyclic amines) is 1. The molecule has 1 aliphatic rings. The molecule has 18 heavy (non-hydrogen) atoms. The molecule has 3 atom stereocenters. The summed E-state index contributed by atoms with van der Waals surface area (Å²) in [5.41, 5.74) is 0. The molecule has 0 aromatic rings. The van der Waals surface area contributed by atoms with Crippen LogP contribution in [0.4, 0.5) is 4.79 Å². The Kier molecular flexibility index (Phi) is 5.44. The fourth-order valence-corrected chi connectivity index (χ4v) is 2.58. The Bertz CT molecular complexity index is 297. The van der Waals surface area contributed by atoms with Gasteiger partial charge in [0, 0.05) is 18.1 Å². The van der Waals surface area contributed by atoms with Gasteiger partial charge in [-0.05, 0) is 39.5 Å². The number of amides is 2. The van der Waals surface area contributed by atoms with Crippen LogP contribution in [0.15, 0.2) is 0 Å². The smallest absolute Gasteiger partial charge is 0.318 e. The van der Waals surface area contributed by atoms with E-state index in [0.717, 1.165) is 19.3 Å². The summed E-state index contributed by atoms with van der Waals surface area (Å²) in [6.45, 7) is 5.98. The molecule has 104 valence electrons. The second kappa shape index (κ2) is 6.61. The zero-order valence-corrected chi connectivity index (χ0v) is 11.5. The van der Waals surface area contributed by atoms with Crippen LogP contribution in [0.5, 0.6) is 0 Å². The van der Waals surface area contributed by atoms with Crippen LogP contribution in [0.3, 0.4) is 0 Å². The van der Waals surface area contributed by atoms with E-state index in [9.17, 15) is 9.59 Å². The molecule has 2 N–H and O–H groups in total. The monoisotopic (exact) mass is 256 g/mol. The number of hydrogen-bond acceptors (Lipinski definition) is 2. The van der Waals surface area contributed by atoms with E-state index in [0.29, 0.717) is 6.42 Å². The summed E-state index contributed by atoms with van der Waals surface area (Å²) in [6, 6.07) is 0.0614. The molecule has 1 aliphatic heterocycles. The van der Waals surface area contributed by atoms with Gasteiger partial charge in [-0.25, -0.2) is 4.79 Å². The van der Waals surface area contributed by atoms with Gasteiger partial charge in [0.15, 0.2) is 0 Å². The number of carbonyl (C=O) groups is 2. The van der Waals surface area contributed by atoms with Crippen molar-refractivity contribution in [3.63, 3.8) is 0 Å². The lowest BCUT2D eigenvalue weighted by Crippen LogP contribution is -2.54. The number of urea groups is 1. The van der Waals surface area contributed by atoms with Gasteiger partial charge in [0.05, 0.1) is 6.42 Å². The van der Waals surface area contributed by atoms with E-state index < -0.39 is 5.97 Å². The average molecular weight is 256 g/mol. The minimum absolute atomic E-state index is 0.0150. The molecule has 1 rings (SSSR count). The summed E-state index contributed by atoms with van der Waals surface area (Å²) in [4.78, 5) is 24.7. The van der Waals surface area contributed by atoms with Crippen molar-refractivity contribution in [1.29, 1.82) is 0 Å². The van der Waals surface area contributed by atoms with Gasteiger partial charge in [0.25, 0.3) is 0 Å². The van der Waals surface area contributed by atoms with Crippen molar-refractivity contribution in [2.75, 3.05) is 0 Å². The van der Waals surface area contributed by atoms with Crippen molar-refractivity contribution in [3.8, 4) is 0 Å². The highest BCUT2D eigenvalue weighted by Crippen LogP contribution is 2.22. The first-order chi connectivity index (χ1) is 8.45. The minimum Gasteiger partial charge on any atom is -0.481 e. The fraction of sp³-hybridized carbons (Fsp3) is 0.846. The van der Waals surface area contributed by atoms with E-state index in [1.807, 2.05) is 25.7 Å². The normalized spacial score (nSPS) is 25.6. The van der Waals surface area contributed by atoms with Gasteiger partial charge in [0.1, 0.15) is 0 Å². The maximum Gasteiger partial charge on any atom is 0.318 e. The van der Waals surface area contributed by atoms with E-state index in [2.05, 4.69) is 5.32 Å². The molecule has 1 fully saturated rings. The molecular weight excluding hydrogens is 232 g/mol. The molecule has 0 aromatic heterocycles. The molecule has 0 spiro atoms. The SMILES string of the molecule is CCC(CC(=O)O)NC(=O)N1[C@H](C)CCC[C@@H]1C. The number of hydrogen-bond donors (Lipinski definition) is 2. The number of nitrogens with zero attached hydrogens (tertiary/aromatic N) is 1. The van der Waals surface area contributed by atoms with Crippen LogP contribution in [0.2, 0.25) is 0 Å². The number of carbonyl (C=O) groups excluding carboxylic acids is 1. The quantitative estimate of drug-likeness (QED) is 0.810. The van der Waals surface area contributed by atoms with Crippen molar-refractivity contribution in [1.82, 2.24) is 10.2 Å². The van der Waals surface area contributed by atoms with Gasteiger partial charge in [0.2, 0.25) is 0 Å². The Morgan fingerprint density at radius 2 is 1.89 bits per heavy atom. The third-order valence-electron chi connectivity index (χ3n) is 3.67. The first kappa shape index (κ1) is 14.8. The summed E-state index contributed by atoms with van der Waals surface area (Å²) in [7, 11) is 0. The lowest BCUT2D eigenvalue weighted by molar-refractivity contribution is -0.137. The average Bonchev–Trinajstić information content (AvgIpc) is 2.27. The second-order valence-electron chi connectivity index (χ2n) is 5.19. The zero-order valence-electron chi connectivity index (χ0n) is 11.5. The molecule has 0 aliphatic carbocycles. The first-order valence-electron chi connectivity index (χ1n) is 6.76. The highest BCUT2D eigenvalue weighted by molar-refractivity contribution is 5.76. The number of carboxylic acid groups (broad SMARTS) is 1. The van der Waals surface area contributed by atoms with Crippen LogP contribution >= 0.6 is 0 Å². The number of aliphatic carboxylic acids is 1. The van der Waals surface area contributed by atoms with Crippen molar-refractivity contribution in [3.05, 3.63) is 0 Å². The van der Waals surface area contributed by atoms with Crippen LogP contribution in [0.25, 0.3) is 0 Å². The fourth-order valence-electron chi connectivity index (χ4n) is 2.58. The van der Waals surface area contributed by atoms with Gasteiger partial charge < -0.3 is 15.3 Å². The molecule has 1 saturated heterocycles. The third-order valence-corrected chi connectivity index (χ3v) is 3.67. The Balaban J connectivity index is 2.59. The Morgan fingerprint density at radius 1 is 1.33 bits per heavy atom. The number of rotatable bonds is 4. The molecule has 0 aromatic carbocycles. The standard InChI is InChI=1S/C13H24N2O3/c1-4-11(8-12(16)17)14-13(18)15-9(2)6-5-7-10(15)3/h9-11H,4-8H2,1-3H3,(H,14,18)(H,16,17)/t9-,10+,11?. The van der Waals surface area contributed by atoms with Crippen LogP contribution in [0.1, 0.15) is 52.9 Å². The molecule has 1 unspecified atom stereocenters. The zero-order chi connectivity index (χ0) is 13.7. The first-order valence-corrected chi connectivity index (χ1v) is 6.76. The highest BCUT2D eigenvalue weighted by atomic mass is 16.4. The van der Waals surface area contributed by atoms with E-state index in [1.54, 1.807) is 0 Å². The van der Waals surface area contributed by atoms with Crippen LogP contribution in [0, 0.1) is 0 Å². The molecule has 2 amide bonds. The summed E-state index contributed by atoms with van der Waals surface area (Å²) in [5, 5.41) is 11.6. The predicted octanol–water partition coefficient (Wildman–Crippen LogP) is 2.21. The van der Waals surface area contributed by atoms with Crippen molar-refractivity contribution in [2.24, 2.45) is 0 Å². The second-order valence-corrected chi connectivity index (χ2v) is 5.19. The van der Waals surface area contributed by atoms with E-state index in [4.69, 9.17) is 5.11 Å². The van der Waals surface area contributed by atoms with Crippen LogP contribution in [-0.2, 0) is 4.79 Å². The molecule has 0 bridgehead atoms. The number of nitrogens with one attached hydrogen (secondary N) is 1. The molecule has 1 heterocycles. The summed E-state index contributed by atoms with van der Waals surface area (Å²) in [5.74, 6) is -0.873. The number of piperidine rings is 1. The third kappa shape index (κ3) is 3.89. The Hall–Kier alpha value is -1.26. The summed E-state index contributed by atoms with van der Waals surface area (Å²) in [6.07, 6.45) is 3.81. The van der Waals surface area contributed by atoms with E-state index >= 15 is 0 Å². The van der Waals surface area contributed by atoms with Gasteiger partial charge >= 0.3 is 12.0 Å². The van der Waals surface area contributed by atoms with Crippen molar-refractivity contribution in [2.45, 2.75) is 71.0 Å². The van der Waals surface area contributed by atoms with Gasteiger partial charge in [-0.2, -0.15) is 0 Å². The van der Waals surface area contributed by atoms with Gasteiger partial charge in [-0.1, -0.05) is 6.92 Å². The van der Waals surface area contributed by atoms with E-state index in [-0.39, 0.29) is 30.6 Å². The molecule has 0 saturated carbocycles. The molecule has 5 nitrogen and oxygen atoms in total. The predicted molar refractivity (Wildman–Crippen MR) is 69.5 cm³/mol. The van der Waals surface area contributed by atoms with Crippen LogP contribution in [-0.4, -0.2) is 40.1 Å². The topological polar surface area (TPSA) is 69.6 Å². The Labute approximate surface area is 109 Å². The van der Waals surface area contributed by atoms with Crippen molar-refractivity contribution >= 4 is 12.0 Å². The van der Waals surface area contributed by atoms with Gasteiger partial charge in [-0.15, -0.1) is 0 Å². The summed E-state index contributed by atoms with van der Waals surface area (Å²) >= 11 is 0. The lowest BCUT2D eigenvalue weighted by atomic mass is 9.98. The highest BCUT2D eigenvalue weighted by Gasteiger charge is 2.30. The number of carboxylic acids is 1. The maximum absolute atomic E-state index is 12.2. The van der Waals surface area contributed by atoms with Crippen LogP contribution < -0.4 is 5.32 Å². The largest absolute Gasteiger partial charge is 0.481 e. The Morgan fingerprint density at radius 3 is 2.33 bits per heavy atom. The van der Waals surface area contributed by atoms with Gasteiger partial charge in [-0.3, -0.25) is 4.79 Å². The van der Waals surface area contributed by atoms with Crippen molar-refractivity contribution < 1.29 is 14.7 Å². The minimum atomic E-state index is -0.873. The summed E-state index contributed by atoms with van der Waals surface area (Å²) < 4.78 is 0. The molecular formula is C13H24N2O3. The maximum atomic E-state index is 12.2. The van der Waals surface area contributed by atoms with E-state index in [1.165, 1.54) is 0 Å². The lowest BCUT2D eigenvalue weighted by Gasteiger charge is -2.39. The molecule has 5 heteroatoms.